The van der Waals surface area contributed by atoms with E-state index >= 15 is 0 Å². The van der Waals surface area contributed by atoms with Gasteiger partial charge in [-0.2, -0.15) is 0 Å². The number of nitrogens with zero attached hydrogens (tertiary/aromatic N) is 2. The van der Waals surface area contributed by atoms with Crippen LogP contribution in [0.15, 0.2) is 36.4 Å². The molecule has 1 saturated heterocycles. The van der Waals surface area contributed by atoms with Crippen LogP contribution in [-0.4, -0.2) is 36.1 Å². The molecule has 3 nitrogen and oxygen atoms in total. The van der Waals surface area contributed by atoms with Gasteiger partial charge in [-0.3, -0.25) is 9.88 Å². The molecule has 3 rings (SSSR count). The Bertz CT molecular complexity index is 612. The van der Waals surface area contributed by atoms with Crippen LogP contribution in [0.25, 0.3) is 10.9 Å². The van der Waals surface area contributed by atoms with Crippen LogP contribution in [0.5, 0.6) is 0 Å². The van der Waals surface area contributed by atoms with E-state index in [1.165, 1.54) is 23.9 Å². The van der Waals surface area contributed by atoms with Crippen LogP contribution < -0.4 is 5.32 Å². The van der Waals surface area contributed by atoms with Crippen LogP contribution in [0.4, 0.5) is 0 Å². The molecule has 5 heteroatoms. The summed E-state index contributed by atoms with van der Waals surface area (Å²) in [6, 6.07) is 13.3. The van der Waals surface area contributed by atoms with Crippen molar-refractivity contribution in [3.8, 4) is 0 Å². The highest BCUT2D eigenvalue weighted by Crippen LogP contribution is 2.28. The Morgan fingerprint density at radius 3 is 2.42 bits per heavy atom. The minimum absolute atomic E-state index is 0. The Kier molecular flexibility index (Phi) is 8.99. The normalized spacial score (nSPS) is 16.5. The first kappa shape index (κ1) is 21.2. The van der Waals surface area contributed by atoms with Crippen molar-refractivity contribution in [2.45, 2.75) is 32.7 Å². The molecule has 1 fully saturated rings. The molecule has 1 N–H and O–H groups in total. The van der Waals surface area contributed by atoms with Crippen molar-refractivity contribution in [2.24, 2.45) is 5.92 Å². The summed E-state index contributed by atoms with van der Waals surface area (Å²) >= 11 is 0. The van der Waals surface area contributed by atoms with Gasteiger partial charge in [0, 0.05) is 31.6 Å². The van der Waals surface area contributed by atoms with Crippen molar-refractivity contribution in [2.75, 3.05) is 26.2 Å². The number of piperazine rings is 1. The summed E-state index contributed by atoms with van der Waals surface area (Å²) < 4.78 is 0. The van der Waals surface area contributed by atoms with Crippen molar-refractivity contribution in [3.63, 3.8) is 0 Å². The van der Waals surface area contributed by atoms with E-state index in [0.717, 1.165) is 37.6 Å². The number of fused-ring (bicyclic) bond motifs is 1. The third kappa shape index (κ3) is 5.32. The van der Waals surface area contributed by atoms with Gasteiger partial charge in [0.25, 0.3) is 0 Å². The van der Waals surface area contributed by atoms with Crippen LogP contribution in [0, 0.1) is 5.92 Å². The largest absolute Gasteiger partial charge is 0.314 e. The molecule has 2 aromatic rings. The number of nitrogens with one attached hydrogen (secondary N) is 1. The molecule has 0 saturated carbocycles. The van der Waals surface area contributed by atoms with Gasteiger partial charge in [0.2, 0.25) is 0 Å². The number of aromatic nitrogens is 1. The fourth-order valence-corrected chi connectivity index (χ4v) is 3.27. The van der Waals surface area contributed by atoms with Crippen molar-refractivity contribution in [1.29, 1.82) is 0 Å². The van der Waals surface area contributed by atoms with Crippen LogP contribution in [0.1, 0.15) is 38.4 Å². The molecular weight excluding hydrogens is 341 g/mol. The van der Waals surface area contributed by atoms with Gasteiger partial charge in [-0.15, -0.1) is 24.8 Å². The van der Waals surface area contributed by atoms with Gasteiger partial charge >= 0.3 is 0 Å². The third-order valence-electron chi connectivity index (χ3n) is 4.57. The first-order valence-corrected chi connectivity index (χ1v) is 8.54. The van der Waals surface area contributed by atoms with Gasteiger partial charge in [-0.25, -0.2) is 0 Å². The van der Waals surface area contributed by atoms with Crippen molar-refractivity contribution < 1.29 is 0 Å². The summed E-state index contributed by atoms with van der Waals surface area (Å²) in [5.74, 6) is 0.742. The van der Waals surface area contributed by atoms with E-state index < -0.39 is 0 Å². The highest BCUT2D eigenvalue weighted by Gasteiger charge is 2.23. The summed E-state index contributed by atoms with van der Waals surface area (Å²) in [5, 5.41) is 4.68. The summed E-state index contributed by atoms with van der Waals surface area (Å²) in [4.78, 5) is 7.57. The SMILES string of the molecule is CC(C)CC[C@@H](c1ccc2ccccc2n1)N1CCNCC1.Cl.Cl. The molecule has 1 aliphatic rings. The van der Waals surface area contributed by atoms with E-state index in [9.17, 15) is 0 Å². The van der Waals surface area contributed by atoms with Crippen molar-refractivity contribution >= 4 is 35.7 Å². The number of halogens is 2. The Labute approximate surface area is 158 Å². The molecule has 0 amide bonds. The molecule has 0 radical (unpaired) electrons. The van der Waals surface area contributed by atoms with Gasteiger partial charge < -0.3 is 5.32 Å². The predicted octanol–water partition coefficient (Wildman–Crippen LogP) is 4.46. The van der Waals surface area contributed by atoms with Crippen molar-refractivity contribution in [1.82, 2.24) is 15.2 Å². The van der Waals surface area contributed by atoms with Gasteiger partial charge in [0.05, 0.1) is 17.3 Å². The minimum Gasteiger partial charge on any atom is -0.314 e. The fourth-order valence-electron chi connectivity index (χ4n) is 3.27. The van der Waals surface area contributed by atoms with Gasteiger partial charge in [-0.05, 0) is 30.9 Å². The van der Waals surface area contributed by atoms with E-state index in [1.807, 2.05) is 0 Å². The maximum Gasteiger partial charge on any atom is 0.0706 e. The second kappa shape index (κ2) is 10.2. The summed E-state index contributed by atoms with van der Waals surface area (Å²) in [7, 11) is 0. The fraction of sp³-hybridized carbons (Fsp3) is 0.526. The zero-order chi connectivity index (χ0) is 15.4. The topological polar surface area (TPSA) is 28.2 Å². The maximum absolute atomic E-state index is 4.97. The van der Waals surface area contributed by atoms with Crippen LogP contribution in [-0.2, 0) is 0 Å². The molecular formula is C19H29Cl2N3. The quantitative estimate of drug-likeness (QED) is 0.842. The molecule has 134 valence electrons. The number of para-hydroxylation sites is 1. The summed E-state index contributed by atoms with van der Waals surface area (Å²) in [5.41, 5.74) is 2.35. The molecule has 0 bridgehead atoms. The summed E-state index contributed by atoms with van der Waals surface area (Å²) in [6.45, 7) is 9.04. The highest BCUT2D eigenvalue weighted by atomic mass is 35.5. The number of benzene rings is 1. The lowest BCUT2D eigenvalue weighted by atomic mass is 9.98. The molecule has 0 aliphatic carbocycles. The zero-order valence-electron chi connectivity index (χ0n) is 14.6. The lowest BCUT2D eigenvalue weighted by molar-refractivity contribution is 0.157. The van der Waals surface area contributed by atoms with Crippen LogP contribution >= 0.6 is 24.8 Å². The minimum atomic E-state index is 0. The highest BCUT2D eigenvalue weighted by molar-refractivity contribution is 5.85. The Morgan fingerprint density at radius 2 is 1.71 bits per heavy atom. The second-order valence-corrected chi connectivity index (χ2v) is 6.70. The van der Waals surface area contributed by atoms with E-state index in [0.29, 0.717) is 6.04 Å². The van der Waals surface area contributed by atoms with E-state index in [1.54, 1.807) is 0 Å². The molecule has 24 heavy (non-hydrogen) atoms. The smallest absolute Gasteiger partial charge is 0.0706 e. The van der Waals surface area contributed by atoms with Crippen molar-refractivity contribution in [3.05, 3.63) is 42.1 Å². The molecule has 1 aromatic heterocycles. The monoisotopic (exact) mass is 369 g/mol. The van der Waals surface area contributed by atoms with E-state index in [4.69, 9.17) is 4.98 Å². The molecule has 0 spiro atoms. The summed E-state index contributed by atoms with van der Waals surface area (Å²) in [6.07, 6.45) is 2.45. The Balaban J connectivity index is 0.00000144. The molecule has 1 aromatic carbocycles. The first-order valence-electron chi connectivity index (χ1n) is 8.54. The lowest BCUT2D eigenvalue weighted by Gasteiger charge is -2.35. The predicted molar refractivity (Wildman–Crippen MR) is 107 cm³/mol. The van der Waals surface area contributed by atoms with Gasteiger partial charge in [-0.1, -0.05) is 38.1 Å². The van der Waals surface area contributed by atoms with E-state index in [2.05, 4.69) is 60.5 Å². The molecule has 1 aliphatic heterocycles. The van der Waals surface area contributed by atoms with E-state index in [-0.39, 0.29) is 24.8 Å². The second-order valence-electron chi connectivity index (χ2n) is 6.70. The molecule has 2 heterocycles. The number of rotatable bonds is 5. The average Bonchev–Trinajstić information content (AvgIpc) is 2.55. The molecule has 0 unspecified atom stereocenters. The molecule has 1 atom stereocenters. The standard InChI is InChI=1S/C19H27N3.2ClH/c1-15(2)7-10-19(22-13-11-20-12-14-22)18-9-8-16-5-3-4-6-17(16)21-18;;/h3-6,8-9,15,19-20H,7,10-14H2,1-2H3;2*1H/t19-;;/m0../s1. The maximum atomic E-state index is 4.97. The lowest BCUT2D eigenvalue weighted by Crippen LogP contribution is -2.45. The number of pyridine rings is 1. The number of hydrogen-bond donors (Lipinski definition) is 1. The zero-order valence-corrected chi connectivity index (χ0v) is 16.2. The third-order valence-corrected chi connectivity index (χ3v) is 4.57. The first-order chi connectivity index (χ1) is 10.7. The Hall–Kier alpha value is -0.870. The van der Waals surface area contributed by atoms with Crippen LogP contribution in [0.3, 0.4) is 0 Å². The van der Waals surface area contributed by atoms with Gasteiger partial charge in [0.15, 0.2) is 0 Å². The van der Waals surface area contributed by atoms with Gasteiger partial charge in [0.1, 0.15) is 0 Å². The van der Waals surface area contributed by atoms with Crippen LogP contribution in [0.2, 0.25) is 0 Å². The Morgan fingerprint density at radius 1 is 1.00 bits per heavy atom. The average molecular weight is 370 g/mol. The number of hydrogen-bond acceptors (Lipinski definition) is 3.